The molecule has 0 amide bonds. The maximum absolute atomic E-state index is 13.6. The van der Waals surface area contributed by atoms with Crippen LogP contribution in [0.3, 0.4) is 0 Å². The molecule has 4 nitrogen and oxygen atoms in total. The lowest BCUT2D eigenvalue weighted by molar-refractivity contribution is 0.290. The van der Waals surface area contributed by atoms with Gasteiger partial charge in [-0.25, -0.2) is 4.39 Å². The molecule has 152 valence electrons. The lowest BCUT2D eigenvalue weighted by Gasteiger charge is -2.28. The molecule has 4 rings (SSSR count). The summed E-state index contributed by atoms with van der Waals surface area (Å²) < 4.78 is 26.6. The van der Waals surface area contributed by atoms with Crippen LogP contribution in [0.4, 0.5) is 8.78 Å². The third-order valence-corrected chi connectivity index (χ3v) is 5.69. The summed E-state index contributed by atoms with van der Waals surface area (Å²) in [7, 11) is 0. The second-order valence-electron chi connectivity index (χ2n) is 7.75. The highest BCUT2D eigenvalue weighted by Crippen LogP contribution is 2.22. The third-order valence-electron chi connectivity index (χ3n) is 5.69. The molecule has 2 N–H and O–H groups in total. The molecule has 0 saturated heterocycles. The number of H-pyrrole nitrogens is 1. The van der Waals surface area contributed by atoms with Gasteiger partial charge in [-0.05, 0) is 79.1 Å². The number of benzene rings is 1. The van der Waals surface area contributed by atoms with Crippen molar-refractivity contribution in [2.45, 2.75) is 26.2 Å². The third kappa shape index (κ3) is 4.48. The van der Waals surface area contributed by atoms with Gasteiger partial charge >= 0.3 is 0 Å². The van der Waals surface area contributed by atoms with E-state index in [0.29, 0.717) is 11.9 Å². The fourth-order valence-electron chi connectivity index (χ4n) is 4.08. The number of halogens is 2. The zero-order chi connectivity index (χ0) is 20.4. The molecule has 0 unspecified atom stereocenters. The van der Waals surface area contributed by atoms with Crippen molar-refractivity contribution < 1.29 is 8.78 Å². The van der Waals surface area contributed by atoms with Gasteiger partial charge in [-0.2, -0.15) is 4.39 Å². The van der Waals surface area contributed by atoms with Crippen molar-refractivity contribution in [3.63, 3.8) is 0 Å². The summed E-state index contributed by atoms with van der Waals surface area (Å²) in [5.74, 6) is -0.662. The molecule has 0 aliphatic carbocycles. The first kappa shape index (κ1) is 19.6. The quantitative estimate of drug-likeness (QED) is 0.753. The van der Waals surface area contributed by atoms with Crippen LogP contribution in [0.15, 0.2) is 58.3 Å². The smallest absolute Gasteiger partial charge is 0.256 e. The minimum absolute atomic E-state index is 0.231. The minimum atomic E-state index is -0.383. The van der Waals surface area contributed by atoms with Crippen LogP contribution in [0.1, 0.15) is 24.1 Å². The van der Waals surface area contributed by atoms with Crippen molar-refractivity contribution in [3.8, 4) is 0 Å². The highest BCUT2D eigenvalue weighted by molar-refractivity contribution is 5.85. The molecule has 0 spiro atoms. The Balaban J connectivity index is 1.35. The van der Waals surface area contributed by atoms with E-state index in [1.807, 2.05) is 19.1 Å². The number of aromatic nitrogens is 1. The Morgan fingerprint density at radius 3 is 2.69 bits per heavy atom. The Labute approximate surface area is 168 Å². The first-order valence-electron chi connectivity index (χ1n) is 10.0. The highest BCUT2D eigenvalue weighted by Gasteiger charge is 2.16. The van der Waals surface area contributed by atoms with Crippen molar-refractivity contribution in [1.29, 1.82) is 0 Å². The SMILES string of the molecule is Cc1cc(F)cc2c(=O)[nH]c(CCCN3CC=C(C4=CC=C(F)NC4)CC3)cc12. The summed E-state index contributed by atoms with van der Waals surface area (Å²) in [4.78, 5) is 17.6. The first-order chi connectivity index (χ1) is 14.0. The Bertz CT molecular complexity index is 1080. The molecular formula is C23H25F2N3O. The van der Waals surface area contributed by atoms with E-state index in [2.05, 4.69) is 21.3 Å². The van der Waals surface area contributed by atoms with E-state index in [9.17, 15) is 13.6 Å². The fourth-order valence-corrected chi connectivity index (χ4v) is 4.08. The molecule has 2 aliphatic rings. The predicted octanol–water partition coefficient (Wildman–Crippen LogP) is 3.88. The number of allylic oxidation sites excluding steroid dienone is 2. The van der Waals surface area contributed by atoms with E-state index >= 15 is 0 Å². The van der Waals surface area contributed by atoms with Crippen LogP contribution in [0.2, 0.25) is 0 Å². The van der Waals surface area contributed by atoms with Gasteiger partial charge in [0.1, 0.15) is 5.82 Å². The van der Waals surface area contributed by atoms with Crippen LogP contribution in [-0.4, -0.2) is 36.1 Å². The van der Waals surface area contributed by atoms with Crippen LogP contribution in [-0.2, 0) is 6.42 Å². The van der Waals surface area contributed by atoms with E-state index in [4.69, 9.17) is 0 Å². The largest absolute Gasteiger partial charge is 0.358 e. The Kier molecular flexibility index (Phi) is 5.62. The number of nitrogens with one attached hydrogen (secondary N) is 2. The average molecular weight is 397 g/mol. The van der Waals surface area contributed by atoms with E-state index in [1.54, 1.807) is 0 Å². The van der Waals surface area contributed by atoms with Gasteiger partial charge in [-0.15, -0.1) is 0 Å². The van der Waals surface area contributed by atoms with Gasteiger partial charge in [0.25, 0.3) is 5.56 Å². The molecule has 2 aromatic rings. The lowest BCUT2D eigenvalue weighted by Crippen LogP contribution is -2.31. The lowest BCUT2D eigenvalue weighted by atomic mass is 9.97. The van der Waals surface area contributed by atoms with Crippen LogP contribution in [0, 0.1) is 12.7 Å². The molecule has 29 heavy (non-hydrogen) atoms. The number of hydrogen-bond donors (Lipinski definition) is 2. The molecule has 0 fully saturated rings. The number of aromatic amines is 1. The Morgan fingerprint density at radius 1 is 1.10 bits per heavy atom. The normalized spacial score (nSPS) is 17.6. The van der Waals surface area contributed by atoms with Gasteiger partial charge in [0.15, 0.2) is 5.95 Å². The molecule has 1 aromatic carbocycles. The van der Waals surface area contributed by atoms with Gasteiger partial charge in [0, 0.05) is 25.3 Å². The van der Waals surface area contributed by atoms with Crippen LogP contribution in [0.25, 0.3) is 10.8 Å². The molecule has 0 saturated carbocycles. The number of nitrogens with zero attached hydrogens (tertiary/aromatic N) is 1. The van der Waals surface area contributed by atoms with Crippen molar-refractivity contribution in [1.82, 2.24) is 15.2 Å². The second-order valence-corrected chi connectivity index (χ2v) is 7.75. The molecule has 0 atom stereocenters. The summed E-state index contributed by atoms with van der Waals surface area (Å²) in [5.41, 5.74) is 3.89. The number of dihydropyridines is 1. The number of fused-ring (bicyclic) bond motifs is 1. The second kappa shape index (κ2) is 8.33. The molecule has 2 aliphatic heterocycles. The van der Waals surface area contributed by atoms with E-state index in [1.165, 1.54) is 23.8 Å². The van der Waals surface area contributed by atoms with Gasteiger partial charge in [-0.1, -0.05) is 12.2 Å². The monoisotopic (exact) mass is 397 g/mol. The van der Waals surface area contributed by atoms with E-state index < -0.39 is 0 Å². The summed E-state index contributed by atoms with van der Waals surface area (Å²) in [5, 5.41) is 3.96. The minimum Gasteiger partial charge on any atom is -0.358 e. The van der Waals surface area contributed by atoms with Crippen molar-refractivity contribution in [2.24, 2.45) is 0 Å². The number of hydrogen-bond acceptors (Lipinski definition) is 3. The van der Waals surface area contributed by atoms with Crippen LogP contribution >= 0.6 is 0 Å². The zero-order valence-corrected chi connectivity index (χ0v) is 16.5. The summed E-state index contributed by atoms with van der Waals surface area (Å²) >= 11 is 0. The summed E-state index contributed by atoms with van der Waals surface area (Å²) in [6, 6.07) is 4.73. The molecule has 3 heterocycles. The number of rotatable bonds is 5. The summed E-state index contributed by atoms with van der Waals surface area (Å²) in [6.07, 6.45) is 8.23. The molecule has 1 aromatic heterocycles. The van der Waals surface area contributed by atoms with Gasteiger partial charge in [0.05, 0.1) is 5.39 Å². The van der Waals surface area contributed by atoms with Crippen molar-refractivity contribution in [2.75, 3.05) is 26.2 Å². The zero-order valence-electron chi connectivity index (χ0n) is 16.5. The maximum atomic E-state index is 13.6. The number of pyridine rings is 1. The van der Waals surface area contributed by atoms with Gasteiger partial charge in [0.2, 0.25) is 0 Å². The standard InChI is InChI=1S/C23H25F2N3O/c1-15-11-18(24)12-21-20(15)13-19(27-23(21)29)3-2-8-28-9-6-16(7-10-28)17-4-5-22(25)26-14-17/h4-6,11-13,26H,2-3,7-10,14H2,1H3,(H,27,29). The Morgan fingerprint density at radius 2 is 1.97 bits per heavy atom. The topological polar surface area (TPSA) is 48.1 Å². The highest BCUT2D eigenvalue weighted by atomic mass is 19.1. The molecular weight excluding hydrogens is 372 g/mol. The average Bonchev–Trinajstić information content (AvgIpc) is 2.70. The summed E-state index contributed by atoms with van der Waals surface area (Å²) in [6.45, 7) is 5.17. The number of aryl methyl sites for hydroxylation is 2. The molecule has 0 radical (unpaired) electrons. The molecule has 0 bridgehead atoms. The van der Waals surface area contributed by atoms with Gasteiger partial charge in [-0.3, -0.25) is 9.69 Å². The van der Waals surface area contributed by atoms with Crippen LogP contribution in [0.5, 0.6) is 0 Å². The van der Waals surface area contributed by atoms with E-state index in [-0.39, 0.29) is 17.3 Å². The maximum Gasteiger partial charge on any atom is 0.256 e. The Hall–Kier alpha value is -2.73. The van der Waals surface area contributed by atoms with Crippen LogP contribution < -0.4 is 10.9 Å². The first-order valence-corrected chi connectivity index (χ1v) is 10.0. The van der Waals surface area contributed by atoms with Crippen molar-refractivity contribution in [3.05, 3.63) is 81.0 Å². The van der Waals surface area contributed by atoms with Gasteiger partial charge < -0.3 is 10.3 Å². The molecule has 6 heteroatoms. The van der Waals surface area contributed by atoms with E-state index in [0.717, 1.165) is 61.1 Å². The predicted molar refractivity (Wildman–Crippen MR) is 112 cm³/mol. The van der Waals surface area contributed by atoms with Crippen molar-refractivity contribution >= 4 is 10.8 Å². The fraction of sp³-hybridized carbons (Fsp3) is 0.348.